The first-order valence-corrected chi connectivity index (χ1v) is 3.97. The van der Waals surface area contributed by atoms with Crippen molar-refractivity contribution in [3.05, 3.63) is 46.0 Å². The topological polar surface area (TPSA) is 43.1 Å². The summed E-state index contributed by atoms with van der Waals surface area (Å²) in [5.74, 6) is 0.168. The molecule has 1 saturated carbocycles. The minimum atomic E-state index is -0.326. The Balaban J connectivity index is 2.11. The molecule has 0 bridgehead atoms. The van der Waals surface area contributed by atoms with Gasteiger partial charge in [-0.15, -0.1) is 0 Å². The molecule has 62 valence electrons. The maximum absolute atomic E-state index is 10.4. The van der Waals surface area contributed by atoms with Crippen LogP contribution < -0.4 is 0 Å². The highest BCUT2D eigenvalue weighted by Gasteiger charge is 2.48. The molecule has 1 fully saturated rings. The molecular weight excluding hydrogens is 154 g/mol. The fourth-order valence-corrected chi connectivity index (χ4v) is 1.47. The Hall–Kier alpha value is -1.38. The molecule has 0 amide bonds. The van der Waals surface area contributed by atoms with Gasteiger partial charge in [-0.2, -0.15) is 0 Å². The number of rotatable bonds is 2. The number of hydrogen-bond acceptors (Lipinski definition) is 2. The van der Waals surface area contributed by atoms with E-state index in [1.165, 1.54) is 0 Å². The van der Waals surface area contributed by atoms with E-state index in [2.05, 4.69) is 0 Å². The monoisotopic (exact) mass is 163 g/mol. The number of nitrogens with zero attached hydrogens (tertiary/aromatic N) is 1. The van der Waals surface area contributed by atoms with Crippen LogP contribution in [0, 0.1) is 10.1 Å². The highest BCUT2D eigenvalue weighted by Crippen LogP contribution is 2.42. The summed E-state index contributed by atoms with van der Waals surface area (Å²) in [6, 6.07) is 9.34. The van der Waals surface area contributed by atoms with Gasteiger partial charge >= 0.3 is 0 Å². The number of benzene rings is 1. The van der Waals surface area contributed by atoms with Crippen molar-refractivity contribution in [2.45, 2.75) is 18.4 Å². The largest absolute Gasteiger partial charge is 0.264 e. The Bertz CT molecular complexity index is 297. The van der Waals surface area contributed by atoms with Crippen LogP contribution >= 0.6 is 0 Å². The van der Waals surface area contributed by atoms with E-state index >= 15 is 0 Å². The molecule has 1 aromatic carbocycles. The third-order valence-corrected chi connectivity index (χ3v) is 2.26. The second-order valence-electron chi connectivity index (χ2n) is 3.11. The van der Waals surface area contributed by atoms with Crippen molar-refractivity contribution in [3.8, 4) is 0 Å². The second kappa shape index (κ2) is 2.59. The van der Waals surface area contributed by atoms with Gasteiger partial charge in [-0.3, -0.25) is 10.1 Å². The van der Waals surface area contributed by atoms with Crippen molar-refractivity contribution in [1.29, 1.82) is 0 Å². The highest BCUT2D eigenvalue weighted by molar-refractivity contribution is 5.26. The zero-order chi connectivity index (χ0) is 8.55. The quantitative estimate of drug-likeness (QED) is 0.493. The number of nitro groups is 1. The van der Waals surface area contributed by atoms with Gasteiger partial charge in [-0.1, -0.05) is 30.3 Å². The summed E-state index contributed by atoms with van der Waals surface area (Å²) in [7, 11) is 0. The van der Waals surface area contributed by atoms with E-state index in [-0.39, 0.29) is 16.9 Å². The minimum Gasteiger partial charge on any atom is -0.264 e. The van der Waals surface area contributed by atoms with E-state index in [4.69, 9.17) is 0 Å². The Morgan fingerprint density at radius 1 is 1.33 bits per heavy atom. The van der Waals surface area contributed by atoms with Crippen molar-refractivity contribution in [1.82, 2.24) is 0 Å². The third kappa shape index (κ3) is 1.18. The van der Waals surface area contributed by atoms with Crippen LogP contribution in [0.5, 0.6) is 0 Å². The molecule has 0 unspecified atom stereocenters. The Morgan fingerprint density at radius 2 is 2.00 bits per heavy atom. The van der Waals surface area contributed by atoms with E-state index < -0.39 is 0 Å². The van der Waals surface area contributed by atoms with Crippen molar-refractivity contribution in [3.63, 3.8) is 0 Å². The zero-order valence-electron chi connectivity index (χ0n) is 6.51. The van der Waals surface area contributed by atoms with Crippen LogP contribution in [0.15, 0.2) is 30.3 Å². The molecule has 3 heteroatoms. The zero-order valence-corrected chi connectivity index (χ0v) is 6.51. The van der Waals surface area contributed by atoms with E-state index in [9.17, 15) is 10.1 Å². The molecule has 12 heavy (non-hydrogen) atoms. The van der Waals surface area contributed by atoms with Crippen molar-refractivity contribution < 1.29 is 4.92 Å². The molecule has 0 spiro atoms. The fraction of sp³-hybridized carbons (Fsp3) is 0.333. The van der Waals surface area contributed by atoms with Crippen LogP contribution in [0.25, 0.3) is 0 Å². The van der Waals surface area contributed by atoms with Gasteiger partial charge < -0.3 is 0 Å². The molecular formula is C9H9NO2. The molecule has 0 heterocycles. The summed E-state index contributed by atoms with van der Waals surface area (Å²) in [4.78, 5) is 10.2. The predicted molar refractivity (Wildman–Crippen MR) is 44.6 cm³/mol. The summed E-state index contributed by atoms with van der Waals surface area (Å²) in [6.45, 7) is 0. The first kappa shape index (κ1) is 7.28. The van der Waals surface area contributed by atoms with Crippen LogP contribution in [-0.4, -0.2) is 11.0 Å². The first-order chi connectivity index (χ1) is 5.79. The molecule has 0 saturated heterocycles. The lowest BCUT2D eigenvalue weighted by atomic mass is 10.1. The molecule has 0 aliphatic heterocycles. The van der Waals surface area contributed by atoms with E-state index in [0.29, 0.717) is 6.42 Å². The van der Waals surface area contributed by atoms with E-state index in [1.807, 2.05) is 30.3 Å². The molecule has 2 rings (SSSR count). The molecule has 1 aliphatic rings. The molecule has 0 aromatic heterocycles. The van der Waals surface area contributed by atoms with Gasteiger partial charge in [0.15, 0.2) is 0 Å². The Kier molecular flexibility index (Phi) is 1.57. The normalized spacial score (nSPS) is 26.7. The summed E-state index contributed by atoms with van der Waals surface area (Å²) >= 11 is 0. The Morgan fingerprint density at radius 3 is 2.50 bits per heavy atom. The average Bonchev–Trinajstić information content (AvgIpc) is 2.84. The molecule has 0 radical (unpaired) electrons. The summed E-state index contributed by atoms with van der Waals surface area (Å²) < 4.78 is 0. The fourth-order valence-electron chi connectivity index (χ4n) is 1.47. The lowest BCUT2D eigenvalue weighted by Crippen LogP contribution is -2.02. The van der Waals surface area contributed by atoms with Gasteiger partial charge in [0, 0.05) is 11.3 Å². The lowest BCUT2D eigenvalue weighted by molar-refractivity contribution is -0.496. The summed E-state index contributed by atoms with van der Waals surface area (Å²) in [5, 5.41) is 10.4. The highest BCUT2D eigenvalue weighted by atomic mass is 16.6. The van der Waals surface area contributed by atoms with Gasteiger partial charge in [0.1, 0.15) is 0 Å². The molecule has 2 atom stereocenters. The van der Waals surface area contributed by atoms with E-state index in [0.717, 1.165) is 5.56 Å². The van der Waals surface area contributed by atoms with Gasteiger partial charge in [0.25, 0.3) is 0 Å². The van der Waals surface area contributed by atoms with Crippen LogP contribution in [0.2, 0.25) is 0 Å². The van der Waals surface area contributed by atoms with Crippen LogP contribution in [-0.2, 0) is 0 Å². The molecule has 3 nitrogen and oxygen atoms in total. The molecule has 1 aromatic rings. The maximum Gasteiger partial charge on any atom is 0.221 e. The second-order valence-corrected chi connectivity index (χ2v) is 3.11. The van der Waals surface area contributed by atoms with Crippen molar-refractivity contribution >= 4 is 0 Å². The van der Waals surface area contributed by atoms with Gasteiger partial charge in [-0.05, 0) is 5.56 Å². The van der Waals surface area contributed by atoms with E-state index in [1.54, 1.807) is 0 Å². The maximum atomic E-state index is 10.4. The SMILES string of the molecule is O=[N+]([O-])[C@H]1C[C@H]1c1ccccc1. The minimum absolute atomic E-state index is 0.168. The first-order valence-electron chi connectivity index (χ1n) is 3.97. The summed E-state index contributed by atoms with van der Waals surface area (Å²) in [5.41, 5.74) is 1.10. The van der Waals surface area contributed by atoms with Crippen LogP contribution in [0.3, 0.4) is 0 Å². The predicted octanol–water partition coefficient (Wildman–Crippen LogP) is 1.82. The molecule has 1 aliphatic carbocycles. The van der Waals surface area contributed by atoms with Gasteiger partial charge in [-0.25, -0.2) is 0 Å². The van der Waals surface area contributed by atoms with Crippen LogP contribution in [0.4, 0.5) is 0 Å². The number of hydrogen-bond donors (Lipinski definition) is 0. The molecule has 0 N–H and O–H groups in total. The average molecular weight is 163 g/mol. The van der Waals surface area contributed by atoms with Crippen molar-refractivity contribution in [2.75, 3.05) is 0 Å². The Labute approximate surface area is 70.2 Å². The van der Waals surface area contributed by atoms with Crippen LogP contribution in [0.1, 0.15) is 17.9 Å². The smallest absolute Gasteiger partial charge is 0.221 e. The van der Waals surface area contributed by atoms with Gasteiger partial charge in [0.05, 0.1) is 5.92 Å². The van der Waals surface area contributed by atoms with Gasteiger partial charge in [0.2, 0.25) is 6.04 Å². The lowest BCUT2D eigenvalue weighted by Gasteiger charge is -1.93. The third-order valence-electron chi connectivity index (χ3n) is 2.26. The standard InChI is InChI=1S/C9H9NO2/c11-10(12)9-6-8(9)7-4-2-1-3-5-7/h1-5,8-9H,6H2/t8-,9-/m0/s1. The van der Waals surface area contributed by atoms with Crippen molar-refractivity contribution in [2.24, 2.45) is 0 Å². The summed E-state index contributed by atoms with van der Waals surface area (Å²) in [6.07, 6.45) is 0.705.